The third kappa shape index (κ3) is 3.35. The maximum absolute atomic E-state index is 3.65. The van der Waals surface area contributed by atoms with E-state index in [0.717, 1.165) is 24.8 Å². The predicted octanol–water partition coefficient (Wildman–Crippen LogP) is 4.13. The van der Waals surface area contributed by atoms with Crippen LogP contribution >= 0.6 is 0 Å². The molecule has 1 fully saturated rings. The highest BCUT2D eigenvalue weighted by molar-refractivity contribution is 5.27. The molecule has 0 spiro atoms. The Balaban J connectivity index is 1.92. The van der Waals surface area contributed by atoms with Crippen LogP contribution in [0.4, 0.5) is 0 Å². The first-order chi connectivity index (χ1) is 8.49. The second kappa shape index (κ2) is 5.44. The maximum Gasteiger partial charge on any atom is 0.00966 e. The lowest BCUT2D eigenvalue weighted by atomic mass is 9.69. The predicted molar refractivity (Wildman–Crippen MR) is 79.0 cm³/mol. The van der Waals surface area contributed by atoms with E-state index in [1.54, 1.807) is 5.56 Å². The zero-order chi connectivity index (χ0) is 13.2. The number of hydrogen-bond acceptors (Lipinski definition) is 1. The highest BCUT2D eigenvalue weighted by atomic mass is 14.9. The van der Waals surface area contributed by atoms with Gasteiger partial charge in [0.15, 0.2) is 0 Å². The van der Waals surface area contributed by atoms with Crippen molar-refractivity contribution in [2.75, 3.05) is 6.54 Å². The Morgan fingerprint density at radius 1 is 1.11 bits per heavy atom. The van der Waals surface area contributed by atoms with E-state index in [-0.39, 0.29) is 5.54 Å². The van der Waals surface area contributed by atoms with Gasteiger partial charge in [0.25, 0.3) is 0 Å². The van der Waals surface area contributed by atoms with Gasteiger partial charge in [0, 0.05) is 5.54 Å². The molecular weight excluding hydrogens is 218 g/mol. The fourth-order valence-electron chi connectivity index (χ4n) is 2.69. The molecule has 0 aromatic heterocycles. The van der Waals surface area contributed by atoms with Gasteiger partial charge in [0.2, 0.25) is 0 Å². The minimum atomic E-state index is 0.242. The Hall–Kier alpha value is -0.820. The van der Waals surface area contributed by atoms with E-state index in [4.69, 9.17) is 0 Å². The fourth-order valence-corrected chi connectivity index (χ4v) is 2.69. The molecule has 2 rings (SSSR count). The summed E-state index contributed by atoms with van der Waals surface area (Å²) >= 11 is 0. The van der Waals surface area contributed by atoms with E-state index >= 15 is 0 Å². The van der Waals surface area contributed by atoms with Gasteiger partial charge in [-0.3, -0.25) is 0 Å². The van der Waals surface area contributed by atoms with Crippen molar-refractivity contribution < 1.29 is 0 Å². The Bertz CT molecular complexity index is 372. The number of benzene rings is 1. The lowest BCUT2D eigenvalue weighted by Gasteiger charge is -2.39. The van der Waals surface area contributed by atoms with Gasteiger partial charge in [-0.25, -0.2) is 0 Å². The molecule has 1 aromatic rings. The summed E-state index contributed by atoms with van der Waals surface area (Å²) in [4.78, 5) is 0. The third-order valence-electron chi connectivity index (χ3n) is 4.13. The summed E-state index contributed by atoms with van der Waals surface area (Å²) in [6.45, 7) is 10.1. The van der Waals surface area contributed by atoms with Crippen LogP contribution in [0.25, 0.3) is 0 Å². The molecule has 1 nitrogen and oxygen atoms in total. The highest BCUT2D eigenvalue weighted by Crippen LogP contribution is 2.42. The van der Waals surface area contributed by atoms with E-state index in [2.05, 4.69) is 57.3 Å². The first kappa shape index (κ1) is 13.6. The van der Waals surface area contributed by atoms with E-state index in [1.165, 1.54) is 18.4 Å². The largest absolute Gasteiger partial charge is 0.312 e. The van der Waals surface area contributed by atoms with Crippen LogP contribution in [0, 0.1) is 5.92 Å². The normalized spacial score (nSPS) is 23.8. The molecule has 1 aromatic carbocycles. The van der Waals surface area contributed by atoms with Gasteiger partial charge in [0.1, 0.15) is 0 Å². The third-order valence-corrected chi connectivity index (χ3v) is 4.13. The van der Waals surface area contributed by atoms with Crippen LogP contribution in [-0.4, -0.2) is 12.1 Å². The van der Waals surface area contributed by atoms with Crippen molar-refractivity contribution in [2.24, 2.45) is 5.92 Å². The summed E-state index contributed by atoms with van der Waals surface area (Å²) in [5.74, 6) is 1.61. The standard InChI is InChI=1S/C17H27N/c1-5-13-6-8-14(9-7-13)16-11-10-15(16)12-18-17(2,3)4/h6-9,15-16,18H,5,10-12H2,1-4H3. The van der Waals surface area contributed by atoms with E-state index in [9.17, 15) is 0 Å². The second-order valence-corrected chi connectivity index (χ2v) is 6.67. The smallest absolute Gasteiger partial charge is 0.00966 e. The monoisotopic (exact) mass is 245 g/mol. The molecule has 0 aliphatic heterocycles. The molecule has 1 heteroatoms. The van der Waals surface area contributed by atoms with Gasteiger partial charge in [-0.05, 0) is 69.5 Å². The second-order valence-electron chi connectivity index (χ2n) is 6.67. The van der Waals surface area contributed by atoms with Gasteiger partial charge in [-0.2, -0.15) is 0 Å². The summed E-state index contributed by atoms with van der Waals surface area (Å²) in [5, 5.41) is 3.65. The topological polar surface area (TPSA) is 12.0 Å². The maximum atomic E-state index is 3.65. The lowest BCUT2D eigenvalue weighted by molar-refractivity contribution is 0.226. The number of aryl methyl sites for hydroxylation is 1. The van der Waals surface area contributed by atoms with Crippen molar-refractivity contribution in [3.8, 4) is 0 Å². The fraction of sp³-hybridized carbons (Fsp3) is 0.647. The molecule has 1 aliphatic rings. The van der Waals surface area contributed by atoms with Crippen molar-refractivity contribution in [1.82, 2.24) is 5.32 Å². The van der Waals surface area contributed by atoms with Gasteiger partial charge >= 0.3 is 0 Å². The quantitative estimate of drug-likeness (QED) is 0.841. The molecule has 1 aliphatic carbocycles. The Morgan fingerprint density at radius 2 is 1.78 bits per heavy atom. The molecule has 2 atom stereocenters. The molecule has 0 amide bonds. The van der Waals surface area contributed by atoms with Crippen LogP contribution in [-0.2, 0) is 6.42 Å². The van der Waals surface area contributed by atoms with Crippen LogP contribution in [0.5, 0.6) is 0 Å². The minimum Gasteiger partial charge on any atom is -0.312 e. The van der Waals surface area contributed by atoms with Crippen molar-refractivity contribution in [3.05, 3.63) is 35.4 Å². The summed E-state index contributed by atoms with van der Waals surface area (Å²) < 4.78 is 0. The molecule has 1 N–H and O–H groups in total. The Morgan fingerprint density at radius 3 is 2.22 bits per heavy atom. The zero-order valence-electron chi connectivity index (χ0n) is 12.3. The van der Waals surface area contributed by atoms with Crippen LogP contribution in [0.3, 0.4) is 0 Å². The molecule has 0 heterocycles. The summed E-state index contributed by atoms with van der Waals surface area (Å²) in [5.41, 5.74) is 3.23. The number of rotatable bonds is 4. The van der Waals surface area contributed by atoms with E-state index in [0.29, 0.717) is 0 Å². The van der Waals surface area contributed by atoms with Crippen LogP contribution in [0.15, 0.2) is 24.3 Å². The Kier molecular flexibility index (Phi) is 4.11. The zero-order valence-corrected chi connectivity index (χ0v) is 12.3. The summed E-state index contributed by atoms with van der Waals surface area (Å²) in [7, 11) is 0. The summed E-state index contributed by atoms with van der Waals surface area (Å²) in [6.07, 6.45) is 3.88. The molecule has 0 bridgehead atoms. The highest BCUT2D eigenvalue weighted by Gasteiger charge is 2.32. The molecule has 2 unspecified atom stereocenters. The van der Waals surface area contributed by atoms with Crippen molar-refractivity contribution >= 4 is 0 Å². The van der Waals surface area contributed by atoms with Crippen molar-refractivity contribution in [2.45, 2.75) is 58.4 Å². The van der Waals surface area contributed by atoms with E-state index < -0.39 is 0 Å². The first-order valence-electron chi connectivity index (χ1n) is 7.33. The van der Waals surface area contributed by atoms with Crippen molar-refractivity contribution in [1.29, 1.82) is 0 Å². The van der Waals surface area contributed by atoms with E-state index in [1.807, 2.05) is 0 Å². The lowest BCUT2D eigenvalue weighted by Crippen LogP contribution is -2.42. The molecule has 18 heavy (non-hydrogen) atoms. The van der Waals surface area contributed by atoms with Crippen LogP contribution in [0.2, 0.25) is 0 Å². The Labute approximate surface area is 112 Å². The SMILES string of the molecule is CCc1ccc(C2CCC2CNC(C)(C)C)cc1. The molecular formula is C17H27N. The molecule has 1 saturated carbocycles. The molecule has 100 valence electrons. The average Bonchev–Trinajstić information content (AvgIpc) is 2.27. The van der Waals surface area contributed by atoms with Crippen LogP contribution < -0.4 is 5.32 Å². The van der Waals surface area contributed by atoms with Gasteiger partial charge in [-0.15, -0.1) is 0 Å². The van der Waals surface area contributed by atoms with Crippen molar-refractivity contribution in [3.63, 3.8) is 0 Å². The number of nitrogens with one attached hydrogen (secondary N) is 1. The van der Waals surface area contributed by atoms with Gasteiger partial charge < -0.3 is 5.32 Å². The van der Waals surface area contributed by atoms with Gasteiger partial charge in [-0.1, -0.05) is 31.2 Å². The molecule has 0 radical (unpaired) electrons. The van der Waals surface area contributed by atoms with Crippen LogP contribution in [0.1, 0.15) is 57.6 Å². The first-order valence-corrected chi connectivity index (χ1v) is 7.33. The summed E-state index contributed by atoms with van der Waals surface area (Å²) in [6, 6.07) is 9.27. The minimum absolute atomic E-state index is 0.242. The average molecular weight is 245 g/mol. The molecule has 0 saturated heterocycles. The number of hydrogen-bond donors (Lipinski definition) is 1. The van der Waals surface area contributed by atoms with Gasteiger partial charge in [0.05, 0.1) is 0 Å².